The summed E-state index contributed by atoms with van der Waals surface area (Å²) in [4.78, 5) is 16.9. The van der Waals surface area contributed by atoms with Crippen LogP contribution in [0.15, 0.2) is 48.5 Å². The molecule has 7 nitrogen and oxygen atoms in total. The van der Waals surface area contributed by atoms with E-state index in [2.05, 4.69) is 15.4 Å². The van der Waals surface area contributed by atoms with Crippen LogP contribution in [-0.4, -0.2) is 69.5 Å². The molecule has 2 aromatic carbocycles. The van der Waals surface area contributed by atoms with E-state index in [-0.39, 0.29) is 11.9 Å². The maximum atomic E-state index is 13.0. The lowest BCUT2D eigenvalue weighted by molar-refractivity contribution is -0.0810. The third-order valence-corrected chi connectivity index (χ3v) is 5.45. The standard InChI is InChI=1S/C20H23N5O2/c1-24(2)18-13-25(11-10-20(18,27)15-6-4-3-5-7-15)19(26)14-8-9-16-17(12-14)22-23-21-16/h3-9,12,18,27H,10-11,13H2,1-2H3,(H,21,22,23)/t18-,20+/m1/s1. The Morgan fingerprint density at radius 3 is 2.67 bits per heavy atom. The van der Waals surface area contributed by atoms with Crippen molar-refractivity contribution < 1.29 is 9.90 Å². The third kappa shape index (κ3) is 3.09. The number of aromatic nitrogens is 3. The van der Waals surface area contributed by atoms with Gasteiger partial charge in [0.05, 0.1) is 6.04 Å². The van der Waals surface area contributed by atoms with E-state index in [0.29, 0.717) is 30.6 Å². The Morgan fingerprint density at radius 2 is 1.93 bits per heavy atom. The average molecular weight is 365 g/mol. The van der Waals surface area contributed by atoms with Crippen LogP contribution in [0.25, 0.3) is 11.0 Å². The van der Waals surface area contributed by atoms with Gasteiger partial charge in [-0.2, -0.15) is 15.4 Å². The molecule has 0 aliphatic carbocycles. The van der Waals surface area contributed by atoms with Crippen molar-refractivity contribution >= 4 is 16.9 Å². The number of hydrogen-bond donors (Lipinski definition) is 2. The number of aromatic amines is 1. The lowest BCUT2D eigenvalue weighted by Gasteiger charge is -2.47. The fraction of sp³-hybridized carbons (Fsp3) is 0.350. The Kier molecular flexibility index (Phi) is 4.41. The molecule has 0 spiro atoms. The molecule has 0 radical (unpaired) electrons. The number of amides is 1. The molecule has 0 unspecified atom stereocenters. The monoisotopic (exact) mass is 365 g/mol. The molecule has 3 aromatic rings. The SMILES string of the molecule is CN(C)[C@@H]1CN(C(=O)c2ccc3n[nH]nc3c2)CC[C@]1(O)c1ccccc1. The van der Waals surface area contributed by atoms with Crippen LogP contribution in [0.1, 0.15) is 22.3 Å². The van der Waals surface area contributed by atoms with Gasteiger partial charge in [0, 0.05) is 18.7 Å². The van der Waals surface area contributed by atoms with E-state index in [1.54, 1.807) is 18.2 Å². The first-order valence-corrected chi connectivity index (χ1v) is 9.03. The zero-order chi connectivity index (χ0) is 19.0. The van der Waals surface area contributed by atoms with Crippen LogP contribution >= 0.6 is 0 Å². The zero-order valence-corrected chi connectivity index (χ0v) is 15.5. The number of rotatable bonds is 3. The quantitative estimate of drug-likeness (QED) is 0.737. The van der Waals surface area contributed by atoms with E-state index in [0.717, 1.165) is 11.1 Å². The molecule has 1 aliphatic rings. The fourth-order valence-corrected chi connectivity index (χ4v) is 3.92. The average Bonchev–Trinajstić information content (AvgIpc) is 3.16. The number of carbonyl (C=O) groups is 1. The molecule has 2 atom stereocenters. The Balaban J connectivity index is 1.60. The Morgan fingerprint density at radius 1 is 1.19 bits per heavy atom. The number of aliphatic hydroxyl groups is 1. The van der Waals surface area contributed by atoms with Crippen molar-refractivity contribution in [3.63, 3.8) is 0 Å². The molecular weight excluding hydrogens is 342 g/mol. The van der Waals surface area contributed by atoms with Crippen LogP contribution in [0.3, 0.4) is 0 Å². The highest BCUT2D eigenvalue weighted by atomic mass is 16.3. The predicted molar refractivity (Wildman–Crippen MR) is 102 cm³/mol. The number of piperidine rings is 1. The lowest BCUT2D eigenvalue weighted by Crippen LogP contribution is -2.60. The van der Waals surface area contributed by atoms with E-state index in [1.807, 2.05) is 54.2 Å². The first-order valence-electron chi connectivity index (χ1n) is 9.03. The van der Waals surface area contributed by atoms with E-state index in [1.165, 1.54) is 0 Å². The van der Waals surface area contributed by atoms with E-state index >= 15 is 0 Å². The molecule has 1 aliphatic heterocycles. The number of nitrogens with one attached hydrogen (secondary N) is 1. The van der Waals surface area contributed by atoms with Gasteiger partial charge in [-0.1, -0.05) is 30.3 Å². The summed E-state index contributed by atoms with van der Waals surface area (Å²) in [6.45, 7) is 0.944. The second-order valence-electron chi connectivity index (χ2n) is 7.30. The number of likely N-dealkylation sites (N-methyl/N-ethyl adjacent to an activating group) is 1. The highest BCUT2D eigenvalue weighted by molar-refractivity contribution is 5.97. The second kappa shape index (κ2) is 6.75. The number of carbonyl (C=O) groups excluding carboxylic acids is 1. The molecule has 2 N–H and O–H groups in total. The van der Waals surface area contributed by atoms with Gasteiger partial charge < -0.3 is 14.9 Å². The van der Waals surface area contributed by atoms with Crippen molar-refractivity contribution in [2.45, 2.75) is 18.1 Å². The predicted octanol–water partition coefficient (Wildman–Crippen LogP) is 1.62. The number of likely N-dealkylation sites (tertiary alicyclic amines) is 1. The summed E-state index contributed by atoms with van der Waals surface area (Å²) >= 11 is 0. The summed E-state index contributed by atoms with van der Waals surface area (Å²) < 4.78 is 0. The number of fused-ring (bicyclic) bond motifs is 1. The molecule has 140 valence electrons. The molecular formula is C20H23N5O2. The van der Waals surface area contributed by atoms with Gasteiger partial charge in [-0.05, 0) is 44.3 Å². The van der Waals surface area contributed by atoms with Gasteiger partial charge in [0.25, 0.3) is 5.91 Å². The number of benzene rings is 2. The van der Waals surface area contributed by atoms with Crippen molar-refractivity contribution in [2.75, 3.05) is 27.2 Å². The van der Waals surface area contributed by atoms with Crippen molar-refractivity contribution in [3.8, 4) is 0 Å². The number of H-pyrrole nitrogens is 1. The molecule has 0 bridgehead atoms. The summed E-state index contributed by atoms with van der Waals surface area (Å²) in [7, 11) is 3.88. The van der Waals surface area contributed by atoms with Crippen molar-refractivity contribution in [1.29, 1.82) is 0 Å². The summed E-state index contributed by atoms with van der Waals surface area (Å²) in [6.07, 6.45) is 0.484. The molecule has 1 fully saturated rings. The molecule has 1 aromatic heterocycles. The first kappa shape index (κ1) is 17.6. The highest BCUT2D eigenvalue weighted by Crippen LogP contribution is 2.35. The molecule has 2 heterocycles. The zero-order valence-electron chi connectivity index (χ0n) is 15.5. The molecule has 1 amide bonds. The van der Waals surface area contributed by atoms with Gasteiger partial charge in [0.1, 0.15) is 16.6 Å². The van der Waals surface area contributed by atoms with E-state index in [9.17, 15) is 9.90 Å². The molecule has 0 saturated carbocycles. The van der Waals surface area contributed by atoms with Gasteiger partial charge in [-0.3, -0.25) is 4.79 Å². The molecule has 27 heavy (non-hydrogen) atoms. The van der Waals surface area contributed by atoms with Gasteiger partial charge in [-0.25, -0.2) is 0 Å². The number of hydrogen-bond acceptors (Lipinski definition) is 5. The minimum atomic E-state index is -0.988. The molecule has 7 heteroatoms. The molecule has 1 saturated heterocycles. The summed E-state index contributed by atoms with van der Waals surface area (Å²) in [5.41, 5.74) is 1.88. The van der Waals surface area contributed by atoms with E-state index < -0.39 is 5.60 Å². The summed E-state index contributed by atoms with van der Waals surface area (Å²) in [5, 5.41) is 22.1. The van der Waals surface area contributed by atoms with Crippen LogP contribution in [0, 0.1) is 0 Å². The largest absolute Gasteiger partial charge is 0.383 e. The Hall–Kier alpha value is -2.77. The van der Waals surface area contributed by atoms with Crippen molar-refractivity contribution in [3.05, 3.63) is 59.7 Å². The smallest absolute Gasteiger partial charge is 0.253 e. The number of nitrogens with zero attached hydrogens (tertiary/aromatic N) is 4. The van der Waals surface area contributed by atoms with Gasteiger partial charge >= 0.3 is 0 Å². The maximum Gasteiger partial charge on any atom is 0.253 e. The Labute approximate surface area is 157 Å². The van der Waals surface area contributed by atoms with E-state index in [4.69, 9.17) is 0 Å². The summed E-state index contributed by atoms with van der Waals surface area (Å²) in [5.74, 6) is -0.0538. The van der Waals surface area contributed by atoms with Crippen LogP contribution in [0.4, 0.5) is 0 Å². The minimum absolute atomic E-state index is 0.0538. The minimum Gasteiger partial charge on any atom is -0.383 e. The maximum absolute atomic E-state index is 13.0. The van der Waals surface area contributed by atoms with Crippen LogP contribution in [0.2, 0.25) is 0 Å². The van der Waals surface area contributed by atoms with Gasteiger partial charge in [0.15, 0.2) is 0 Å². The lowest BCUT2D eigenvalue weighted by atomic mass is 9.79. The fourth-order valence-electron chi connectivity index (χ4n) is 3.92. The van der Waals surface area contributed by atoms with Crippen molar-refractivity contribution in [2.24, 2.45) is 0 Å². The topological polar surface area (TPSA) is 85.4 Å². The highest BCUT2D eigenvalue weighted by Gasteiger charge is 2.45. The third-order valence-electron chi connectivity index (χ3n) is 5.45. The summed E-state index contributed by atoms with van der Waals surface area (Å²) in [6, 6.07) is 14.8. The van der Waals surface area contributed by atoms with Crippen molar-refractivity contribution in [1.82, 2.24) is 25.2 Å². The van der Waals surface area contributed by atoms with Gasteiger partial charge in [-0.15, -0.1) is 0 Å². The molecule has 4 rings (SSSR count). The first-order chi connectivity index (χ1) is 13.0. The van der Waals surface area contributed by atoms with Gasteiger partial charge in [0.2, 0.25) is 0 Å². The van der Waals surface area contributed by atoms with Crippen LogP contribution in [0.5, 0.6) is 0 Å². The van der Waals surface area contributed by atoms with Crippen LogP contribution in [-0.2, 0) is 5.60 Å². The van der Waals surface area contributed by atoms with Crippen LogP contribution < -0.4 is 0 Å². The normalized spacial score (nSPS) is 23.1. The Bertz CT molecular complexity index is 955. The second-order valence-corrected chi connectivity index (χ2v) is 7.30.